The van der Waals surface area contributed by atoms with Gasteiger partial charge in [-0.2, -0.15) is 0 Å². The van der Waals surface area contributed by atoms with Crippen LogP contribution < -0.4 is 14.2 Å². The van der Waals surface area contributed by atoms with Crippen molar-refractivity contribution in [3.63, 3.8) is 0 Å². The molecule has 1 heterocycles. The molecule has 1 aliphatic heterocycles. The standard InChI is InChI=1S/C17H21NO4S2/c1-5-6-9-18-16(19)13(24-17(18)23)10-11-7-8-12(20-2)15(22-4)14(11)21-3/h7-8,10H,5-6,9H2,1-4H3/b13-10-. The Morgan fingerprint density at radius 1 is 1.17 bits per heavy atom. The molecular formula is C17H21NO4S2. The van der Waals surface area contributed by atoms with Gasteiger partial charge >= 0.3 is 0 Å². The lowest BCUT2D eigenvalue weighted by atomic mass is 10.1. The third-order valence-electron chi connectivity index (χ3n) is 3.63. The minimum absolute atomic E-state index is 0.0599. The number of thioether (sulfide) groups is 1. The molecule has 1 aliphatic rings. The van der Waals surface area contributed by atoms with Crippen molar-refractivity contribution in [1.29, 1.82) is 0 Å². The SMILES string of the molecule is CCCCN1C(=O)/C(=C/c2ccc(OC)c(OC)c2OC)SC1=S. The van der Waals surface area contributed by atoms with E-state index in [0.717, 1.165) is 18.4 Å². The van der Waals surface area contributed by atoms with E-state index in [2.05, 4.69) is 6.92 Å². The monoisotopic (exact) mass is 367 g/mol. The van der Waals surface area contributed by atoms with Gasteiger partial charge in [-0.25, -0.2) is 0 Å². The van der Waals surface area contributed by atoms with Crippen LogP contribution in [0.5, 0.6) is 17.2 Å². The lowest BCUT2D eigenvalue weighted by Gasteiger charge is -2.14. The Morgan fingerprint density at radius 3 is 2.46 bits per heavy atom. The Bertz CT molecular complexity index is 673. The number of ether oxygens (including phenoxy) is 3. The van der Waals surface area contributed by atoms with Crippen LogP contribution in [0, 0.1) is 0 Å². The lowest BCUT2D eigenvalue weighted by Crippen LogP contribution is -2.28. The number of hydrogen-bond donors (Lipinski definition) is 0. The summed E-state index contributed by atoms with van der Waals surface area (Å²) in [6.45, 7) is 2.74. The highest BCUT2D eigenvalue weighted by atomic mass is 32.2. The number of amides is 1. The summed E-state index contributed by atoms with van der Waals surface area (Å²) in [6, 6.07) is 3.61. The van der Waals surface area contributed by atoms with Crippen LogP contribution in [-0.2, 0) is 4.79 Å². The van der Waals surface area contributed by atoms with Gasteiger partial charge in [-0.1, -0.05) is 37.3 Å². The maximum Gasteiger partial charge on any atom is 0.266 e. The zero-order valence-electron chi connectivity index (χ0n) is 14.3. The molecule has 0 bridgehead atoms. The Kier molecular flexibility index (Phi) is 6.51. The van der Waals surface area contributed by atoms with Gasteiger partial charge in [0.2, 0.25) is 5.75 Å². The third-order valence-corrected chi connectivity index (χ3v) is 5.01. The first-order valence-corrected chi connectivity index (χ1v) is 8.84. The molecule has 1 fully saturated rings. The number of hydrogen-bond acceptors (Lipinski definition) is 6. The van der Waals surface area contributed by atoms with Crippen LogP contribution in [0.25, 0.3) is 6.08 Å². The smallest absolute Gasteiger partial charge is 0.266 e. The second-order valence-electron chi connectivity index (χ2n) is 5.11. The summed E-state index contributed by atoms with van der Waals surface area (Å²) >= 11 is 6.64. The second-order valence-corrected chi connectivity index (χ2v) is 6.79. The van der Waals surface area contributed by atoms with E-state index in [0.29, 0.717) is 33.0 Å². The summed E-state index contributed by atoms with van der Waals surface area (Å²) in [5.74, 6) is 1.53. The number of thiocarbonyl (C=S) groups is 1. The Balaban J connectivity index is 2.38. The molecule has 1 saturated heterocycles. The van der Waals surface area contributed by atoms with Crippen molar-refractivity contribution in [2.75, 3.05) is 27.9 Å². The minimum Gasteiger partial charge on any atom is -0.493 e. The van der Waals surface area contributed by atoms with Crippen LogP contribution in [0.3, 0.4) is 0 Å². The molecule has 0 N–H and O–H groups in total. The number of benzene rings is 1. The number of carbonyl (C=O) groups is 1. The highest BCUT2D eigenvalue weighted by Gasteiger charge is 2.31. The molecule has 24 heavy (non-hydrogen) atoms. The summed E-state index contributed by atoms with van der Waals surface area (Å²) in [6.07, 6.45) is 3.73. The van der Waals surface area contributed by atoms with Crippen molar-refractivity contribution in [2.45, 2.75) is 19.8 Å². The second kappa shape index (κ2) is 8.39. The van der Waals surface area contributed by atoms with E-state index >= 15 is 0 Å². The van der Waals surface area contributed by atoms with Crippen molar-refractivity contribution in [3.8, 4) is 17.2 Å². The van der Waals surface area contributed by atoms with E-state index in [1.165, 1.54) is 11.8 Å². The molecule has 0 radical (unpaired) electrons. The van der Waals surface area contributed by atoms with Crippen molar-refractivity contribution in [3.05, 3.63) is 22.6 Å². The predicted molar refractivity (Wildman–Crippen MR) is 101 cm³/mol. The van der Waals surface area contributed by atoms with Crippen molar-refractivity contribution < 1.29 is 19.0 Å². The first-order valence-electron chi connectivity index (χ1n) is 7.61. The molecule has 130 valence electrons. The maximum absolute atomic E-state index is 12.6. The highest BCUT2D eigenvalue weighted by molar-refractivity contribution is 8.26. The number of unbranched alkanes of at least 4 members (excludes halogenated alkanes) is 1. The lowest BCUT2D eigenvalue weighted by molar-refractivity contribution is -0.122. The van der Waals surface area contributed by atoms with Gasteiger partial charge in [0, 0.05) is 12.1 Å². The van der Waals surface area contributed by atoms with Gasteiger partial charge in [-0.3, -0.25) is 9.69 Å². The molecule has 1 aromatic carbocycles. The molecule has 5 nitrogen and oxygen atoms in total. The van der Waals surface area contributed by atoms with Gasteiger partial charge in [-0.05, 0) is 24.6 Å². The molecule has 7 heteroatoms. The molecule has 1 aromatic rings. The van der Waals surface area contributed by atoms with Crippen molar-refractivity contribution in [2.24, 2.45) is 0 Å². The van der Waals surface area contributed by atoms with E-state index in [1.807, 2.05) is 6.07 Å². The average molecular weight is 367 g/mol. The van der Waals surface area contributed by atoms with Gasteiger partial charge in [0.05, 0.1) is 26.2 Å². The summed E-state index contributed by atoms with van der Waals surface area (Å²) < 4.78 is 16.7. The Morgan fingerprint density at radius 2 is 1.88 bits per heavy atom. The molecule has 0 spiro atoms. The van der Waals surface area contributed by atoms with Crippen LogP contribution in [0.15, 0.2) is 17.0 Å². The summed E-state index contributed by atoms with van der Waals surface area (Å²) in [4.78, 5) is 14.8. The van der Waals surface area contributed by atoms with Gasteiger partial charge in [0.1, 0.15) is 4.32 Å². The van der Waals surface area contributed by atoms with Crippen molar-refractivity contribution in [1.82, 2.24) is 4.90 Å². The fourth-order valence-corrected chi connectivity index (χ4v) is 3.69. The quantitative estimate of drug-likeness (QED) is 0.541. The molecule has 0 aliphatic carbocycles. The molecule has 2 rings (SSSR count). The van der Waals surface area contributed by atoms with E-state index in [9.17, 15) is 4.79 Å². The van der Waals surface area contributed by atoms with Gasteiger partial charge in [-0.15, -0.1) is 0 Å². The zero-order chi connectivity index (χ0) is 17.7. The topological polar surface area (TPSA) is 48.0 Å². The first-order chi connectivity index (χ1) is 11.6. The molecule has 0 saturated carbocycles. The van der Waals surface area contributed by atoms with Gasteiger partial charge in [0.25, 0.3) is 5.91 Å². The highest BCUT2D eigenvalue weighted by Crippen LogP contribution is 2.42. The summed E-state index contributed by atoms with van der Waals surface area (Å²) in [5, 5.41) is 0. The van der Waals surface area contributed by atoms with E-state index < -0.39 is 0 Å². The normalized spacial score (nSPS) is 16.0. The largest absolute Gasteiger partial charge is 0.493 e. The number of nitrogens with zero attached hydrogens (tertiary/aromatic N) is 1. The fourth-order valence-electron chi connectivity index (χ4n) is 2.39. The van der Waals surface area contributed by atoms with E-state index in [1.54, 1.807) is 38.4 Å². The van der Waals surface area contributed by atoms with Crippen molar-refractivity contribution >= 4 is 40.3 Å². The van der Waals surface area contributed by atoms with Gasteiger partial charge in [0.15, 0.2) is 11.5 Å². The average Bonchev–Trinajstić information content (AvgIpc) is 2.85. The molecule has 0 atom stereocenters. The van der Waals surface area contributed by atoms with Crippen LogP contribution in [0.4, 0.5) is 0 Å². The number of methoxy groups -OCH3 is 3. The van der Waals surface area contributed by atoms with E-state index in [4.69, 9.17) is 26.4 Å². The van der Waals surface area contributed by atoms with Crippen LogP contribution in [-0.4, -0.2) is 43.0 Å². The minimum atomic E-state index is -0.0599. The fraction of sp³-hybridized carbons (Fsp3) is 0.412. The first kappa shape index (κ1) is 18.6. The number of rotatable bonds is 7. The number of carbonyl (C=O) groups excluding carboxylic acids is 1. The van der Waals surface area contributed by atoms with E-state index in [-0.39, 0.29) is 5.91 Å². The zero-order valence-corrected chi connectivity index (χ0v) is 15.9. The molecule has 1 amide bonds. The maximum atomic E-state index is 12.6. The van der Waals surface area contributed by atoms with Crippen LogP contribution in [0.1, 0.15) is 25.3 Å². The van der Waals surface area contributed by atoms with Crippen LogP contribution >= 0.6 is 24.0 Å². The molecule has 0 unspecified atom stereocenters. The van der Waals surface area contributed by atoms with Crippen LogP contribution in [0.2, 0.25) is 0 Å². The third kappa shape index (κ3) is 3.67. The van der Waals surface area contributed by atoms with Gasteiger partial charge < -0.3 is 14.2 Å². The Hall–Kier alpha value is -1.73. The summed E-state index contributed by atoms with van der Waals surface area (Å²) in [5.41, 5.74) is 0.742. The Labute approximate surface area is 151 Å². The predicted octanol–water partition coefficient (Wildman–Crippen LogP) is 3.71. The molecular weight excluding hydrogens is 346 g/mol. The summed E-state index contributed by atoms with van der Waals surface area (Å²) in [7, 11) is 4.67. The molecule has 0 aromatic heterocycles.